The van der Waals surface area contributed by atoms with Crippen LogP contribution in [0.2, 0.25) is 0 Å². The van der Waals surface area contributed by atoms with Gasteiger partial charge in [0.1, 0.15) is 6.54 Å². The highest BCUT2D eigenvalue weighted by molar-refractivity contribution is 5.96. The Balaban J connectivity index is 1.95. The number of rotatable bonds is 9. The molecule has 31 heavy (non-hydrogen) atoms. The zero-order chi connectivity index (χ0) is 23.1. The van der Waals surface area contributed by atoms with Crippen LogP contribution in [0.15, 0.2) is 30.3 Å². The van der Waals surface area contributed by atoms with Gasteiger partial charge in [0.15, 0.2) is 17.5 Å². The number of hydrogen-bond donors (Lipinski definition) is 3. The van der Waals surface area contributed by atoms with Crippen molar-refractivity contribution in [3.05, 3.63) is 52.6 Å². The van der Waals surface area contributed by atoms with E-state index in [0.717, 1.165) is 32.8 Å². The van der Waals surface area contributed by atoms with E-state index in [0.29, 0.717) is 18.0 Å². The number of likely N-dealkylation sites (N-methyl/N-ethyl adjacent to an activating group) is 1. The van der Waals surface area contributed by atoms with Gasteiger partial charge in [-0.25, -0.2) is 0 Å². The number of nitrogens with one attached hydrogen (secondary N) is 3. The molecule has 2 aromatic rings. The third-order valence-corrected chi connectivity index (χ3v) is 5.61. The highest BCUT2D eigenvalue weighted by Gasteiger charge is 2.23. The number of para-hydroxylation sites is 1. The minimum Gasteiger partial charge on any atom is -0.493 e. The summed E-state index contributed by atoms with van der Waals surface area (Å²) in [4.78, 5) is 25.9. The van der Waals surface area contributed by atoms with Gasteiger partial charge < -0.3 is 25.0 Å². The number of carbonyl (C=O) groups excluding carboxylic acids is 2. The average molecular weight is 429 g/mol. The molecule has 0 saturated heterocycles. The molecule has 0 fully saturated rings. The molecule has 0 saturated carbocycles. The van der Waals surface area contributed by atoms with Crippen LogP contribution in [0.1, 0.15) is 29.2 Å². The summed E-state index contributed by atoms with van der Waals surface area (Å²) in [5.74, 6) is 0.928. The van der Waals surface area contributed by atoms with Crippen LogP contribution in [0.4, 0.5) is 5.69 Å². The van der Waals surface area contributed by atoms with Crippen molar-refractivity contribution in [1.29, 1.82) is 0 Å². The van der Waals surface area contributed by atoms with Gasteiger partial charge in [-0.3, -0.25) is 9.59 Å². The van der Waals surface area contributed by atoms with E-state index in [9.17, 15) is 9.59 Å². The van der Waals surface area contributed by atoms with Crippen molar-refractivity contribution in [2.45, 2.75) is 40.3 Å². The molecule has 2 aromatic carbocycles. The number of benzene rings is 2. The van der Waals surface area contributed by atoms with Crippen molar-refractivity contribution < 1.29 is 24.0 Å². The fourth-order valence-corrected chi connectivity index (χ4v) is 3.41. The minimum atomic E-state index is -0.333. The lowest BCUT2D eigenvalue weighted by molar-refractivity contribution is -0.908. The molecule has 0 bridgehead atoms. The number of quaternary nitrogens is 1. The van der Waals surface area contributed by atoms with Gasteiger partial charge in [-0.15, -0.1) is 0 Å². The molecular weight excluding hydrogens is 394 g/mol. The monoisotopic (exact) mass is 428 g/mol. The van der Waals surface area contributed by atoms with Gasteiger partial charge in [0, 0.05) is 11.3 Å². The highest BCUT2D eigenvalue weighted by Crippen LogP contribution is 2.29. The van der Waals surface area contributed by atoms with Crippen molar-refractivity contribution >= 4 is 17.5 Å². The SMILES string of the molecule is COc1cc(C)c(C[NH+](C)[C@H](C)C(=O)NCC(=O)Nc2c(C)cccc2C)cc1OC. The van der Waals surface area contributed by atoms with Crippen molar-refractivity contribution in [2.24, 2.45) is 0 Å². The minimum absolute atomic E-state index is 0.0698. The Hall–Kier alpha value is -3.06. The first-order valence-electron chi connectivity index (χ1n) is 10.4. The lowest BCUT2D eigenvalue weighted by atomic mass is 10.1. The lowest BCUT2D eigenvalue weighted by Gasteiger charge is -2.22. The second kappa shape index (κ2) is 10.8. The predicted molar refractivity (Wildman–Crippen MR) is 122 cm³/mol. The maximum Gasteiger partial charge on any atom is 0.278 e. The molecule has 7 heteroatoms. The molecule has 0 radical (unpaired) electrons. The zero-order valence-electron chi connectivity index (χ0n) is 19.5. The largest absolute Gasteiger partial charge is 0.493 e. The van der Waals surface area contributed by atoms with Crippen LogP contribution in [0, 0.1) is 20.8 Å². The molecule has 2 amide bonds. The van der Waals surface area contributed by atoms with Gasteiger partial charge in [0.25, 0.3) is 5.91 Å². The summed E-state index contributed by atoms with van der Waals surface area (Å²) in [5, 5.41) is 5.63. The summed E-state index contributed by atoms with van der Waals surface area (Å²) in [5.41, 5.74) is 4.91. The number of hydrogen-bond acceptors (Lipinski definition) is 4. The predicted octanol–water partition coefficient (Wildman–Crippen LogP) is 1.79. The molecule has 168 valence electrons. The molecule has 0 aromatic heterocycles. The van der Waals surface area contributed by atoms with Crippen LogP contribution < -0.4 is 25.0 Å². The van der Waals surface area contributed by atoms with Crippen molar-refractivity contribution in [2.75, 3.05) is 33.1 Å². The topological polar surface area (TPSA) is 81.1 Å². The number of amides is 2. The molecule has 2 rings (SSSR count). The van der Waals surface area contributed by atoms with Gasteiger partial charge in [0.2, 0.25) is 5.91 Å². The first-order chi connectivity index (χ1) is 14.7. The standard InChI is InChI=1S/C24H33N3O4/c1-15-9-8-10-16(2)23(15)26-22(28)13-25-24(29)18(4)27(5)14-19-12-21(31-7)20(30-6)11-17(19)3/h8-12,18H,13-14H2,1-7H3,(H,25,29)(H,26,28)/p+1/t18-/m1/s1. The van der Waals surface area contributed by atoms with Crippen LogP contribution >= 0.6 is 0 Å². The molecule has 0 aliphatic carbocycles. The number of ether oxygens (including phenoxy) is 2. The molecular formula is C24H34N3O4+. The van der Waals surface area contributed by atoms with E-state index in [4.69, 9.17) is 9.47 Å². The molecule has 0 heterocycles. The Kier molecular flexibility index (Phi) is 8.45. The summed E-state index contributed by atoms with van der Waals surface area (Å²) in [6.45, 7) is 8.31. The van der Waals surface area contributed by atoms with Crippen LogP contribution in [0.3, 0.4) is 0 Å². The molecule has 0 aliphatic rings. The maximum absolute atomic E-state index is 12.6. The van der Waals surface area contributed by atoms with Gasteiger partial charge in [0.05, 0.1) is 27.8 Å². The number of aryl methyl sites for hydroxylation is 3. The summed E-state index contributed by atoms with van der Waals surface area (Å²) >= 11 is 0. The number of anilines is 1. The van der Waals surface area contributed by atoms with E-state index < -0.39 is 0 Å². The van der Waals surface area contributed by atoms with E-state index in [1.165, 1.54) is 0 Å². The Morgan fingerprint density at radius 1 is 1.00 bits per heavy atom. The van der Waals surface area contributed by atoms with Crippen LogP contribution in [0.25, 0.3) is 0 Å². The molecule has 7 nitrogen and oxygen atoms in total. The zero-order valence-corrected chi connectivity index (χ0v) is 19.5. The van der Waals surface area contributed by atoms with Crippen molar-refractivity contribution in [1.82, 2.24) is 5.32 Å². The van der Waals surface area contributed by atoms with E-state index in [2.05, 4.69) is 10.6 Å². The molecule has 2 atom stereocenters. The van der Waals surface area contributed by atoms with Gasteiger partial charge >= 0.3 is 0 Å². The normalized spacial score (nSPS) is 12.6. The van der Waals surface area contributed by atoms with Crippen molar-refractivity contribution in [3.8, 4) is 11.5 Å². The van der Waals surface area contributed by atoms with Crippen LogP contribution in [-0.2, 0) is 16.1 Å². The quantitative estimate of drug-likeness (QED) is 0.569. The highest BCUT2D eigenvalue weighted by atomic mass is 16.5. The first-order valence-corrected chi connectivity index (χ1v) is 10.4. The van der Waals surface area contributed by atoms with E-state index in [-0.39, 0.29) is 24.4 Å². The maximum atomic E-state index is 12.6. The summed E-state index contributed by atoms with van der Waals surface area (Å²) < 4.78 is 10.7. The fraction of sp³-hybridized carbons (Fsp3) is 0.417. The van der Waals surface area contributed by atoms with E-state index >= 15 is 0 Å². The van der Waals surface area contributed by atoms with E-state index in [1.807, 2.05) is 65.1 Å². The Labute approximate surface area is 184 Å². The molecule has 0 spiro atoms. The third-order valence-electron chi connectivity index (χ3n) is 5.61. The smallest absolute Gasteiger partial charge is 0.278 e. The number of carbonyl (C=O) groups is 2. The van der Waals surface area contributed by atoms with Crippen LogP contribution in [-0.4, -0.2) is 45.7 Å². The average Bonchev–Trinajstić information content (AvgIpc) is 2.75. The van der Waals surface area contributed by atoms with Gasteiger partial charge in [-0.05, 0) is 56.5 Å². The van der Waals surface area contributed by atoms with Crippen LogP contribution in [0.5, 0.6) is 11.5 Å². The lowest BCUT2D eigenvalue weighted by Crippen LogP contribution is -3.12. The second-order valence-electron chi connectivity index (χ2n) is 7.91. The summed E-state index contributed by atoms with van der Waals surface area (Å²) in [6, 6.07) is 9.38. The van der Waals surface area contributed by atoms with Gasteiger partial charge in [-0.2, -0.15) is 0 Å². The van der Waals surface area contributed by atoms with Gasteiger partial charge in [-0.1, -0.05) is 18.2 Å². The summed E-state index contributed by atoms with van der Waals surface area (Å²) in [6.07, 6.45) is 0. The molecule has 3 N–H and O–H groups in total. The molecule has 0 aliphatic heterocycles. The van der Waals surface area contributed by atoms with Crippen molar-refractivity contribution in [3.63, 3.8) is 0 Å². The first kappa shape index (κ1) is 24.2. The third kappa shape index (κ3) is 6.21. The Morgan fingerprint density at radius 3 is 2.16 bits per heavy atom. The number of methoxy groups -OCH3 is 2. The second-order valence-corrected chi connectivity index (χ2v) is 7.91. The summed E-state index contributed by atoms with van der Waals surface area (Å²) in [7, 11) is 5.17. The Morgan fingerprint density at radius 2 is 1.58 bits per heavy atom. The Bertz CT molecular complexity index is 922. The fourth-order valence-electron chi connectivity index (χ4n) is 3.41. The van der Waals surface area contributed by atoms with E-state index in [1.54, 1.807) is 14.2 Å². The molecule has 1 unspecified atom stereocenters.